The first-order chi connectivity index (χ1) is 12.3. The molecule has 1 atom stereocenters. The maximum Gasteiger partial charge on any atom is 0.274 e. The zero-order valence-corrected chi connectivity index (χ0v) is 15.9. The van der Waals surface area contributed by atoms with Crippen LogP contribution in [0.15, 0.2) is 30.3 Å². The lowest BCUT2D eigenvalue weighted by Gasteiger charge is -2.22. The van der Waals surface area contributed by atoms with E-state index in [1.807, 2.05) is 32.0 Å². The number of sulfone groups is 1. The third-order valence-corrected chi connectivity index (χ3v) is 6.58. The van der Waals surface area contributed by atoms with Crippen molar-refractivity contribution >= 4 is 27.2 Å². The first-order valence-corrected chi connectivity index (χ1v) is 10.2. The number of carbonyl (C=O) groups is 1. The van der Waals surface area contributed by atoms with Gasteiger partial charge in [0.2, 0.25) is 0 Å². The van der Waals surface area contributed by atoms with Crippen molar-refractivity contribution in [3.63, 3.8) is 0 Å². The molecule has 2 heterocycles. The summed E-state index contributed by atoms with van der Waals surface area (Å²) in [5.74, 6) is 0.355. The summed E-state index contributed by atoms with van der Waals surface area (Å²) in [6.45, 7) is 4.06. The predicted molar refractivity (Wildman–Crippen MR) is 100 cm³/mol. The standard InChI is InChI=1S/C18H22N4O3S/c1-12-5-4-6-15(13(12)2)19-17-8-7-16(20-21-17)18(23)22(3)14-9-10-26(24,25)11-14/h4-8,14H,9-11H2,1-3H3,(H,19,21). The number of rotatable bonds is 4. The summed E-state index contributed by atoms with van der Waals surface area (Å²) in [5, 5.41) is 11.3. The van der Waals surface area contributed by atoms with E-state index in [1.54, 1.807) is 19.2 Å². The number of nitrogens with one attached hydrogen (secondary N) is 1. The molecule has 1 saturated heterocycles. The van der Waals surface area contributed by atoms with Crippen LogP contribution in [-0.4, -0.2) is 54.0 Å². The third kappa shape index (κ3) is 3.85. The molecule has 138 valence electrons. The van der Waals surface area contributed by atoms with Crippen LogP contribution in [0.4, 0.5) is 11.5 Å². The Labute approximate surface area is 153 Å². The van der Waals surface area contributed by atoms with E-state index in [4.69, 9.17) is 0 Å². The molecule has 1 aliphatic heterocycles. The van der Waals surface area contributed by atoms with Crippen LogP contribution in [0.5, 0.6) is 0 Å². The molecule has 1 unspecified atom stereocenters. The molecular formula is C18H22N4O3S. The molecule has 1 aliphatic rings. The van der Waals surface area contributed by atoms with Gasteiger partial charge in [0, 0.05) is 18.8 Å². The highest BCUT2D eigenvalue weighted by Gasteiger charge is 2.33. The first kappa shape index (κ1) is 18.3. The van der Waals surface area contributed by atoms with Gasteiger partial charge in [0.05, 0.1) is 11.5 Å². The second-order valence-electron chi connectivity index (χ2n) is 6.65. The van der Waals surface area contributed by atoms with Gasteiger partial charge in [0.1, 0.15) is 0 Å². The van der Waals surface area contributed by atoms with Crippen molar-refractivity contribution in [3.05, 3.63) is 47.2 Å². The van der Waals surface area contributed by atoms with Gasteiger partial charge in [0.25, 0.3) is 5.91 Å². The van der Waals surface area contributed by atoms with Gasteiger partial charge in [0.15, 0.2) is 21.3 Å². The summed E-state index contributed by atoms with van der Waals surface area (Å²) in [4.78, 5) is 14.0. The number of nitrogens with zero attached hydrogens (tertiary/aromatic N) is 3. The van der Waals surface area contributed by atoms with Crippen molar-refractivity contribution in [2.45, 2.75) is 26.3 Å². The molecule has 3 rings (SSSR count). The zero-order valence-electron chi connectivity index (χ0n) is 15.1. The summed E-state index contributed by atoms with van der Waals surface area (Å²) in [5.41, 5.74) is 3.43. The van der Waals surface area contributed by atoms with Gasteiger partial charge in [-0.15, -0.1) is 10.2 Å². The molecule has 8 heteroatoms. The Hall–Kier alpha value is -2.48. The van der Waals surface area contributed by atoms with Crippen molar-refractivity contribution in [1.29, 1.82) is 0 Å². The molecule has 1 fully saturated rings. The lowest BCUT2D eigenvalue weighted by atomic mass is 10.1. The van der Waals surface area contributed by atoms with Gasteiger partial charge in [-0.25, -0.2) is 8.42 Å². The molecular weight excluding hydrogens is 352 g/mol. The number of aromatic nitrogens is 2. The molecule has 1 aromatic heterocycles. The van der Waals surface area contributed by atoms with E-state index in [1.165, 1.54) is 10.5 Å². The van der Waals surface area contributed by atoms with Crippen LogP contribution in [0.25, 0.3) is 0 Å². The normalized spacial score (nSPS) is 18.5. The van der Waals surface area contributed by atoms with Gasteiger partial charge in [-0.2, -0.15) is 0 Å². The first-order valence-electron chi connectivity index (χ1n) is 8.41. The lowest BCUT2D eigenvalue weighted by Crippen LogP contribution is -2.38. The van der Waals surface area contributed by atoms with Crippen LogP contribution in [0.3, 0.4) is 0 Å². The van der Waals surface area contributed by atoms with E-state index >= 15 is 0 Å². The van der Waals surface area contributed by atoms with Crippen LogP contribution < -0.4 is 5.32 Å². The van der Waals surface area contributed by atoms with E-state index in [2.05, 4.69) is 15.5 Å². The molecule has 0 saturated carbocycles. The molecule has 1 aromatic carbocycles. The van der Waals surface area contributed by atoms with E-state index in [0.29, 0.717) is 12.2 Å². The van der Waals surface area contributed by atoms with Gasteiger partial charge < -0.3 is 10.2 Å². The number of amides is 1. The highest BCUT2D eigenvalue weighted by atomic mass is 32.2. The molecule has 0 radical (unpaired) electrons. The second-order valence-corrected chi connectivity index (χ2v) is 8.88. The van der Waals surface area contributed by atoms with E-state index < -0.39 is 9.84 Å². The summed E-state index contributed by atoms with van der Waals surface area (Å²) >= 11 is 0. The Balaban J connectivity index is 1.71. The zero-order chi connectivity index (χ0) is 18.9. The Morgan fingerprint density at radius 3 is 2.58 bits per heavy atom. The Morgan fingerprint density at radius 2 is 1.96 bits per heavy atom. The van der Waals surface area contributed by atoms with Crippen LogP contribution in [0.1, 0.15) is 28.0 Å². The van der Waals surface area contributed by atoms with Crippen molar-refractivity contribution in [2.75, 3.05) is 23.9 Å². The summed E-state index contributed by atoms with van der Waals surface area (Å²) < 4.78 is 23.2. The molecule has 1 N–H and O–H groups in total. The highest BCUT2D eigenvalue weighted by Crippen LogP contribution is 2.22. The number of hydrogen-bond donors (Lipinski definition) is 1. The van der Waals surface area contributed by atoms with Crippen LogP contribution in [0, 0.1) is 13.8 Å². The number of aryl methyl sites for hydroxylation is 1. The predicted octanol–water partition coefficient (Wildman–Crippen LogP) is 2.10. The quantitative estimate of drug-likeness (QED) is 0.881. The lowest BCUT2D eigenvalue weighted by molar-refractivity contribution is 0.0740. The molecule has 2 aromatic rings. The SMILES string of the molecule is Cc1cccc(Nc2ccc(C(=O)N(C)C3CCS(=O)(=O)C3)nn2)c1C. The molecule has 0 spiro atoms. The minimum Gasteiger partial charge on any atom is -0.339 e. The number of hydrogen-bond acceptors (Lipinski definition) is 6. The Bertz CT molecular complexity index is 926. The molecule has 0 bridgehead atoms. The van der Waals surface area contributed by atoms with Crippen LogP contribution in [-0.2, 0) is 9.84 Å². The Kier molecular flexibility index (Phi) is 4.95. The molecule has 7 nitrogen and oxygen atoms in total. The largest absolute Gasteiger partial charge is 0.339 e. The van der Waals surface area contributed by atoms with E-state index in [-0.39, 0.29) is 29.1 Å². The van der Waals surface area contributed by atoms with Crippen molar-refractivity contribution < 1.29 is 13.2 Å². The topological polar surface area (TPSA) is 92.3 Å². The maximum absolute atomic E-state index is 12.5. The van der Waals surface area contributed by atoms with Gasteiger partial charge in [-0.05, 0) is 49.6 Å². The van der Waals surface area contributed by atoms with Crippen molar-refractivity contribution in [1.82, 2.24) is 15.1 Å². The van der Waals surface area contributed by atoms with Gasteiger partial charge in [-0.1, -0.05) is 12.1 Å². The monoisotopic (exact) mass is 374 g/mol. The number of anilines is 2. The number of benzene rings is 1. The van der Waals surface area contributed by atoms with Gasteiger partial charge in [-0.3, -0.25) is 4.79 Å². The average Bonchev–Trinajstić information content (AvgIpc) is 2.98. The fourth-order valence-corrected chi connectivity index (χ4v) is 4.74. The molecule has 0 aliphatic carbocycles. The second kappa shape index (κ2) is 7.03. The smallest absolute Gasteiger partial charge is 0.274 e. The van der Waals surface area contributed by atoms with E-state index in [9.17, 15) is 13.2 Å². The minimum absolute atomic E-state index is 0.00887. The molecule has 26 heavy (non-hydrogen) atoms. The van der Waals surface area contributed by atoms with E-state index in [0.717, 1.165) is 11.3 Å². The number of carbonyl (C=O) groups excluding carboxylic acids is 1. The van der Waals surface area contributed by atoms with Gasteiger partial charge >= 0.3 is 0 Å². The summed E-state index contributed by atoms with van der Waals surface area (Å²) in [6, 6.07) is 8.94. The average molecular weight is 374 g/mol. The fourth-order valence-electron chi connectivity index (χ4n) is 2.96. The summed E-state index contributed by atoms with van der Waals surface area (Å²) in [7, 11) is -1.44. The third-order valence-electron chi connectivity index (χ3n) is 4.83. The minimum atomic E-state index is -3.05. The Morgan fingerprint density at radius 1 is 1.19 bits per heavy atom. The van der Waals surface area contributed by atoms with Crippen molar-refractivity contribution in [3.8, 4) is 0 Å². The van der Waals surface area contributed by atoms with Crippen LogP contribution >= 0.6 is 0 Å². The van der Waals surface area contributed by atoms with Crippen molar-refractivity contribution in [2.24, 2.45) is 0 Å². The molecule has 1 amide bonds. The fraction of sp³-hybridized carbons (Fsp3) is 0.389. The summed E-state index contributed by atoms with van der Waals surface area (Å²) in [6.07, 6.45) is 0.463. The highest BCUT2D eigenvalue weighted by molar-refractivity contribution is 7.91. The van der Waals surface area contributed by atoms with Crippen LogP contribution in [0.2, 0.25) is 0 Å². The maximum atomic E-state index is 12.5.